The number of aryl methyl sites for hydroxylation is 1. The van der Waals surface area contributed by atoms with Crippen molar-refractivity contribution < 1.29 is 26.7 Å². The summed E-state index contributed by atoms with van der Waals surface area (Å²) >= 11 is 0. The van der Waals surface area contributed by atoms with E-state index in [0.717, 1.165) is 4.31 Å². The van der Waals surface area contributed by atoms with Crippen LogP contribution in [0.4, 0.5) is 20.3 Å². The van der Waals surface area contributed by atoms with Gasteiger partial charge in [-0.2, -0.15) is 18.2 Å². The number of aromatic amines is 1. The van der Waals surface area contributed by atoms with Crippen LogP contribution >= 0.6 is 0 Å². The highest BCUT2D eigenvalue weighted by molar-refractivity contribution is 7.91. The Morgan fingerprint density at radius 2 is 1.83 bits per heavy atom. The largest absolute Gasteiger partial charge is 0.436 e. The number of aromatic nitrogens is 4. The van der Waals surface area contributed by atoms with E-state index in [1.807, 2.05) is 0 Å². The van der Waals surface area contributed by atoms with Crippen molar-refractivity contribution in [3.8, 4) is 17.3 Å². The van der Waals surface area contributed by atoms with E-state index in [-0.39, 0.29) is 40.9 Å². The Kier molecular flexibility index (Phi) is 6.27. The van der Waals surface area contributed by atoms with E-state index in [4.69, 9.17) is 10.5 Å². The number of hydrogen-bond donors (Lipinski definition) is 3. The summed E-state index contributed by atoms with van der Waals surface area (Å²) in [7, 11) is -3.94. The second-order valence-corrected chi connectivity index (χ2v) is 12.2. The molecule has 0 aliphatic carbocycles. The van der Waals surface area contributed by atoms with Crippen LogP contribution in [0.3, 0.4) is 0 Å². The van der Waals surface area contributed by atoms with Crippen LogP contribution in [0.2, 0.25) is 0 Å². The molecule has 0 bridgehead atoms. The number of H-pyrrole nitrogens is 1. The lowest BCUT2D eigenvalue weighted by molar-refractivity contribution is 0.103. The number of carbonyl (C=O) groups excluding carboxylic acids is 1. The quantitative estimate of drug-likeness (QED) is 0.248. The fraction of sp³-hybridized carbons (Fsp3) is 0.179. The van der Waals surface area contributed by atoms with Crippen LogP contribution in [0.15, 0.2) is 60.9 Å². The van der Waals surface area contributed by atoms with E-state index >= 15 is 4.39 Å². The van der Waals surface area contributed by atoms with E-state index in [2.05, 4.69) is 19.8 Å². The molecule has 42 heavy (non-hydrogen) atoms. The molecule has 1 aliphatic rings. The zero-order valence-electron chi connectivity index (χ0n) is 22.6. The Hall–Kier alpha value is -4.82. The van der Waals surface area contributed by atoms with Gasteiger partial charge < -0.3 is 15.5 Å². The van der Waals surface area contributed by atoms with Crippen molar-refractivity contribution in [2.45, 2.75) is 26.3 Å². The molecule has 0 amide bonds. The molecule has 0 atom stereocenters. The molecule has 0 spiro atoms. The molecule has 1 saturated heterocycles. The molecule has 0 unspecified atom stereocenters. The van der Waals surface area contributed by atoms with E-state index < -0.39 is 33.2 Å². The standard InChI is InChI=1S/C28H25F2N7O4S/c1-15-8-25(41-24-7-5-4-6-18(24)29)32-13-23(15)37-27(31)17(12-33-37)26(38)21-10-16-9-19(30)22(11-20(16)34-21)36-14-28(2,3)35-42(36,39)40/h4-13,34-35H,14,31H2,1-3H3. The third kappa shape index (κ3) is 4.73. The molecule has 11 nitrogen and oxygen atoms in total. The molecule has 6 rings (SSSR count). The van der Waals surface area contributed by atoms with Crippen molar-refractivity contribution in [2.24, 2.45) is 0 Å². The van der Waals surface area contributed by atoms with Crippen molar-refractivity contribution in [1.29, 1.82) is 0 Å². The first-order chi connectivity index (χ1) is 19.8. The number of pyridine rings is 1. The van der Waals surface area contributed by atoms with Crippen molar-refractivity contribution in [3.05, 3.63) is 89.4 Å². The number of benzene rings is 2. The van der Waals surface area contributed by atoms with Gasteiger partial charge in [0.15, 0.2) is 11.6 Å². The molecular weight excluding hydrogens is 568 g/mol. The average Bonchev–Trinajstić information content (AvgIpc) is 3.56. The summed E-state index contributed by atoms with van der Waals surface area (Å²) in [6.07, 6.45) is 2.75. The normalized spacial score (nSPS) is 15.8. The maximum atomic E-state index is 15.1. The lowest BCUT2D eigenvalue weighted by atomic mass is 10.1. The van der Waals surface area contributed by atoms with Gasteiger partial charge >= 0.3 is 10.2 Å². The lowest BCUT2D eigenvalue weighted by Gasteiger charge is -2.18. The van der Waals surface area contributed by atoms with Gasteiger partial charge in [0, 0.05) is 22.5 Å². The van der Waals surface area contributed by atoms with Crippen LogP contribution in [0, 0.1) is 18.6 Å². The highest BCUT2D eigenvalue weighted by atomic mass is 32.2. The van der Waals surface area contributed by atoms with E-state index in [1.165, 1.54) is 47.4 Å². The third-order valence-electron chi connectivity index (χ3n) is 6.82. The summed E-state index contributed by atoms with van der Waals surface area (Å²) < 4.78 is 64.6. The summed E-state index contributed by atoms with van der Waals surface area (Å²) in [5.41, 5.74) is 7.08. The molecule has 216 valence electrons. The Morgan fingerprint density at radius 3 is 2.52 bits per heavy atom. The van der Waals surface area contributed by atoms with Gasteiger partial charge in [0.1, 0.15) is 11.6 Å². The number of rotatable bonds is 6. The van der Waals surface area contributed by atoms with Crippen molar-refractivity contribution in [2.75, 3.05) is 16.6 Å². The number of para-hydroxylation sites is 1. The number of ketones is 1. The lowest BCUT2D eigenvalue weighted by Crippen LogP contribution is -2.36. The number of halogens is 2. The Labute approximate surface area is 239 Å². The first-order valence-electron chi connectivity index (χ1n) is 12.7. The third-order valence-corrected chi connectivity index (χ3v) is 8.54. The highest BCUT2D eigenvalue weighted by Gasteiger charge is 2.42. The van der Waals surface area contributed by atoms with Crippen molar-refractivity contribution >= 4 is 38.4 Å². The molecule has 0 saturated carbocycles. The summed E-state index contributed by atoms with van der Waals surface area (Å²) in [6.45, 7) is 5.18. The molecule has 5 aromatic rings. The first-order valence-corrected chi connectivity index (χ1v) is 14.2. The first kappa shape index (κ1) is 27.4. The zero-order valence-corrected chi connectivity index (χ0v) is 23.5. The van der Waals surface area contributed by atoms with Gasteiger partial charge in [-0.1, -0.05) is 12.1 Å². The molecule has 0 radical (unpaired) electrons. The zero-order chi connectivity index (χ0) is 30.0. The Bertz CT molecular complexity index is 2000. The van der Waals surface area contributed by atoms with Gasteiger partial charge in [-0.25, -0.2) is 18.4 Å². The number of nitrogens with two attached hydrogens (primary N) is 1. The maximum absolute atomic E-state index is 15.1. The number of nitrogens with one attached hydrogen (secondary N) is 2. The van der Waals surface area contributed by atoms with Gasteiger partial charge in [0.2, 0.25) is 11.7 Å². The van der Waals surface area contributed by atoms with E-state index in [9.17, 15) is 17.6 Å². The second-order valence-electron chi connectivity index (χ2n) is 10.6. The summed E-state index contributed by atoms with van der Waals surface area (Å²) in [5, 5.41) is 4.64. The molecule has 1 aliphatic heterocycles. The minimum atomic E-state index is -3.94. The van der Waals surface area contributed by atoms with Crippen molar-refractivity contribution in [3.63, 3.8) is 0 Å². The minimum Gasteiger partial charge on any atom is -0.436 e. The molecule has 1 fully saturated rings. The van der Waals surface area contributed by atoms with Crippen LogP contribution in [0.25, 0.3) is 16.6 Å². The monoisotopic (exact) mass is 593 g/mol. The number of anilines is 2. The fourth-order valence-electron chi connectivity index (χ4n) is 4.86. The number of nitrogen functional groups attached to an aromatic ring is 1. The number of ether oxygens (including phenoxy) is 1. The molecule has 14 heteroatoms. The smallest absolute Gasteiger partial charge is 0.302 e. The Balaban J connectivity index is 1.29. The van der Waals surface area contributed by atoms with Crippen LogP contribution in [0.5, 0.6) is 11.6 Å². The van der Waals surface area contributed by atoms with Gasteiger partial charge in [-0.05, 0) is 56.7 Å². The van der Waals surface area contributed by atoms with Crippen LogP contribution < -0.4 is 19.5 Å². The Morgan fingerprint density at radius 1 is 1.07 bits per heavy atom. The summed E-state index contributed by atoms with van der Waals surface area (Å²) in [5.74, 6) is -1.56. The summed E-state index contributed by atoms with van der Waals surface area (Å²) in [4.78, 5) is 20.6. The van der Waals surface area contributed by atoms with Crippen LogP contribution in [-0.4, -0.2) is 46.0 Å². The maximum Gasteiger partial charge on any atom is 0.302 e. The number of carbonyl (C=O) groups is 1. The van der Waals surface area contributed by atoms with Gasteiger partial charge in [0.05, 0.1) is 41.6 Å². The van der Waals surface area contributed by atoms with Gasteiger partial charge in [0.25, 0.3) is 0 Å². The SMILES string of the molecule is Cc1cc(Oc2ccccc2F)ncc1-n1ncc(C(=O)c2cc3cc(F)c(N4CC(C)(C)NS4(=O)=O)cc3[nH]2)c1N. The van der Waals surface area contributed by atoms with E-state index in [1.54, 1.807) is 39.0 Å². The molecule has 4 heterocycles. The number of fused-ring (bicyclic) bond motifs is 1. The van der Waals surface area contributed by atoms with Crippen LogP contribution in [0.1, 0.15) is 35.5 Å². The predicted molar refractivity (Wildman–Crippen MR) is 152 cm³/mol. The van der Waals surface area contributed by atoms with Crippen LogP contribution in [-0.2, 0) is 10.2 Å². The minimum absolute atomic E-state index is 0.0246. The second kappa shape index (κ2) is 9.63. The molecular formula is C28H25F2N7O4S. The van der Waals surface area contributed by atoms with E-state index in [0.29, 0.717) is 22.2 Å². The predicted octanol–water partition coefficient (Wildman–Crippen LogP) is 4.37. The van der Waals surface area contributed by atoms with Crippen molar-refractivity contribution in [1.82, 2.24) is 24.5 Å². The fourth-order valence-corrected chi connectivity index (χ4v) is 6.63. The average molecular weight is 594 g/mol. The van der Waals surface area contributed by atoms with Gasteiger partial charge in [-0.15, -0.1) is 0 Å². The number of nitrogens with zero attached hydrogens (tertiary/aromatic N) is 4. The molecule has 4 N–H and O–H groups in total. The topological polar surface area (TPSA) is 148 Å². The summed E-state index contributed by atoms with van der Waals surface area (Å²) in [6, 6.07) is 11.5. The van der Waals surface area contributed by atoms with Gasteiger partial charge in [-0.3, -0.25) is 9.10 Å². The number of hydrogen-bond acceptors (Lipinski definition) is 7. The highest BCUT2D eigenvalue weighted by Crippen LogP contribution is 2.33. The molecule has 3 aromatic heterocycles. The molecule has 2 aromatic carbocycles.